The van der Waals surface area contributed by atoms with E-state index >= 15 is 0 Å². The highest BCUT2D eigenvalue weighted by Crippen LogP contribution is 2.31. The summed E-state index contributed by atoms with van der Waals surface area (Å²) in [6, 6.07) is 12.1. The van der Waals surface area contributed by atoms with Crippen LogP contribution in [-0.4, -0.2) is 26.9 Å². The smallest absolute Gasteiger partial charge is 0.191 e. The highest BCUT2D eigenvalue weighted by atomic mass is 32.2. The molecule has 0 saturated heterocycles. The molecule has 1 aromatic carbocycles. The highest BCUT2D eigenvalue weighted by Gasteiger charge is 2.14. The molecule has 0 atom stereocenters. The van der Waals surface area contributed by atoms with Crippen molar-refractivity contribution in [1.82, 2.24) is 19.7 Å². The zero-order valence-corrected chi connectivity index (χ0v) is 17.4. The maximum absolute atomic E-state index is 5.21. The van der Waals surface area contributed by atoms with Crippen LogP contribution in [0.5, 0.6) is 5.75 Å². The summed E-state index contributed by atoms with van der Waals surface area (Å²) in [7, 11) is 1.67. The summed E-state index contributed by atoms with van der Waals surface area (Å²) in [5.74, 6) is 2.56. The Bertz CT molecular complexity index is 1010. The number of benzene rings is 1. The van der Waals surface area contributed by atoms with Crippen molar-refractivity contribution < 1.29 is 4.74 Å². The maximum Gasteiger partial charge on any atom is 0.191 e. The van der Waals surface area contributed by atoms with Crippen molar-refractivity contribution in [1.29, 1.82) is 0 Å². The quantitative estimate of drug-likeness (QED) is 0.376. The molecule has 0 N–H and O–H groups in total. The Morgan fingerprint density at radius 3 is 2.67 bits per heavy atom. The topological polar surface area (TPSA) is 52.8 Å². The van der Waals surface area contributed by atoms with Crippen LogP contribution < -0.4 is 4.74 Å². The minimum atomic E-state index is 0.773. The SMILES string of the molecule is CCn1c(SCc2csc(-c3ccc(OC)cc3)n2)nnc1-c1cccs1. The summed E-state index contributed by atoms with van der Waals surface area (Å²) >= 11 is 5.02. The molecule has 27 heavy (non-hydrogen) atoms. The first kappa shape index (κ1) is 18.2. The van der Waals surface area contributed by atoms with Gasteiger partial charge in [-0.2, -0.15) is 0 Å². The van der Waals surface area contributed by atoms with Gasteiger partial charge in [-0.15, -0.1) is 32.9 Å². The third-order valence-corrected chi connectivity index (χ3v) is 6.82. The molecule has 0 bridgehead atoms. The van der Waals surface area contributed by atoms with Gasteiger partial charge in [-0.3, -0.25) is 0 Å². The van der Waals surface area contributed by atoms with Gasteiger partial charge >= 0.3 is 0 Å². The number of methoxy groups -OCH3 is 1. The molecule has 0 radical (unpaired) electrons. The van der Waals surface area contributed by atoms with Gasteiger partial charge in [-0.1, -0.05) is 17.8 Å². The van der Waals surface area contributed by atoms with E-state index in [9.17, 15) is 0 Å². The van der Waals surface area contributed by atoms with Crippen LogP contribution >= 0.6 is 34.4 Å². The van der Waals surface area contributed by atoms with Gasteiger partial charge < -0.3 is 9.30 Å². The lowest BCUT2D eigenvalue weighted by molar-refractivity contribution is 0.415. The van der Waals surface area contributed by atoms with E-state index in [1.165, 1.54) is 0 Å². The number of thiazole rings is 1. The van der Waals surface area contributed by atoms with Crippen LogP contribution in [0.4, 0.5) is 0 Å². The van der Waals surface area contributed by atoms with Crippen molar-refractivity contribution in [3.8, 4) is 27.0 Å². The average Bonchev–Trinajstić information content (AvgIpc) is 3.46. The van der Waals surface area contributed by atoms with E-state index in [0.29, 0.717) is 0 Å². The molecule has 8 heteroatoms. The summed E-state index contributed by atoms with van der Waals surface area (Å²) in [5, 5.41) is 14.9. The average molecular weight is 415 g/mol. The van der Waals surface area contributed by atoms with Gasteiger partial charge in [-0.25, -0.2) is 4.98 Å². The van der Waals surface area contributed by atoms with Crippen molar-refractivity contribution in [2.24, 2.45) is 0 Å². The van der Waals surface area contributed by atoms with Crippen LogP contribution in [0.25, 0.3) is 21.3 Å². The van der Waals surface area contributed by atoms with Crippen LogP contribution in [0.1, 0.15) is 12.6 Å². The van der Waals surface area contributed by atoms with Crippen LogP contribution in [0, 0.1) is 0 Å². The number of nitrogens with zero attached hydrogens (tertiary/aromatic N) is 4. The summed E-state index contributed by atoms with van der Waals surface area (Å²) < 4.78 is 7.37. The van der Waals surface area contributed by atoms with E-state index in [0.717, 1.165) is 50.2 Å². The second-order valence-electron chi connectivity index (χ2n) is 5.69. The fourth-order valence-electron chi connectivity index (χ4n) is 2.65. The first-order chi connectivity index (χ1) is 13.3. The monoisotopic (exact) mass is 414 g/mol. The second-order valence-corrected chi connectivity index (χ2v) is 8.44. The molecule has 0 amide bonds. The first-order valence-electron chi connectivity index (χ1n) is 8.47. The zero-order valence-electron chi connectivity index (χ0n) is 15.0. The van der Waals surface area contributed by atoms with E-state index in [1.807, 2.05) is 30.3 Å². The Kier molecular flexibility index (Phi) is 5.56. The molecule has 0 spiro atoms. The largest absolute Gasteiger partial charge is 0.497 e. The Morgan fingerprint density at radius 1 is 1.11 bits per heavy atom. The number of rotatable bonds is 7. The van der Waals surface area contributed by atoms with E-state index in [1.54, 1.807) is 41.5 Å². The number of thioether (sulfide) groups is 1. The summed E-state index contributed by atoms with van der Waals surface area (Å²) in [5.41, 5.74) is 2.16. The normalized spacial score (nSPS) is 11.0. The van der Waals surface area contributed by atoms with Crippen LogP contribution in [0.2, 0.25) is 0 Å². The van der Waals surface area contributed by atoms with Crippen molar-refractivity contribution >= 4 is 34.4 Å². The molecule has 4 aromatic rings. The third kappa shape index (κ3) is 3.92. The molecule has 0 saturated carbocycles. The fourth-order valence-corrected chi connectivity index (χ4v) is 5.19. The molecule has 0 fully saturated rings. The van der Waals surface area contributed by atoms with E-state index in [2.05, 4.69) is 38.5 Å². The van der Waals surface area contributed by atoms with Gasteiger partial charge in [-0.05, 0) is 42.6 Å². The lowest BCUT2D eigenvalue weighted by Gasteiger charge is -2.05. The zero-order chi connectivity index (χ0) is 18.6. The van der Waals surface area contributed by atoms with Gasteiger partial charge in [0.05, 0.1) is 17.7 Å². The van der Waals surface area contributed by atoms with Gasteiger partial charge in [0.15, 0.2) is 11.0 Å². The molecule has 0 aliphatic heterocycles. The number of ether oxygens (including phenoxy) is 1. The van der Waals surface area contributed by atoms with Gasteiger partial charge in [0.2, 0.25) is 0 Å². The molecule has 0 unspecified atom stereocenters. The van der Waals surface area contributed by atoms with E-state index in [4.69, 9.17) is 9.72 Å². The standard InChI is InChI=1S/C19H18N4OS3/c1-3-23-17(16-5-4-10-25-16)21-22-19(23)27-12-14-11-26-18(20-14)13-6-8-15(24-2)9-7-13/h4-11H,3,12H2,1-2H3. The number of hydrogen-bond acceptors (Lipinski definition) is 7. The third-order valence-electron chi connectivity index (χ3n) is 4.01. The van der Waals surface area contributed by atoms with Crippen LogP contribution in [0.15, 0.2) is 52.3 Å². The lowest BCUT2D eigenvalue weighted by Crippen LogP contribution is -1.99. The molecule has 5 nitrogen and oxygen atoms in total. The molecular formula is C19H18N4OS3. The Labute approximate surface area is 170 Å². The van der Waals surface area contributed by atoms with Crippen LogP contribution in [0.3, 0.4) is 0 Å². The molecule has 4 rings (SSSR count). The Morgan fingerprint density at radius 2 is 1.96 bits per heavy atom. The molecule has 0 aliphatic rings. The van der Waals surface area contributed by atoms with Crippen molar-refractivity contribution in [3.63, 3.8) is 0 Å². The van der Waals surface area contributed by atoms with Gasteiger partial charge in [0.25, 0.3) is 0 Å². The minimum Gasteiger partial charge on any atom is -0.497 e. The number of hydrogen-bond donors (Lipinski definition) is 0. The van der Waals surface area contributed by atoms with Crippen molar-refractivity contribution in [2.75, 3.05) is 7.11 Å². The van der Waals surface area contributed by atoms with Crippen molar-refractivity contribution in [3.05, 3.63) is 52.9 Å². The molecular weight excluding hydrogens is 396 g/mol. The predicted molar refractivity (Wildman–Crippen MR) is 113 cm³/mol. The summed E-state index contributed by atoms with van der Waals surface area (Å²) in [6.07, 6.45) is 0. The predicted octanol–water partition coefficient (Wildman–Crippen LogP) is 5.45. The van der Waals surface area contributed by atoms with Gasteiger partial charge in [0.1, 0.15) is 10.8 Å². The summed E-state index contributed by atoms with van der Waals surface area (Å²) in [6.45, 7) is 2.96. The molecule has 0 aliphatic carbocycles. The first-order valence-corrected chi connectivity index (χ1v) is 11.2. The van der Waals surface area contributed by atoms with E-state index < -0.39 is 0 Å². The van der Waals surface area contributed by atoms with Crippen molar-refractivity contribution in [2.45, 2.75) is 24.4 Å². The molecule has 3 heterocycles. The number of aromatic nitrogens is 4. The van der Waals surface area contributed by atoms with E-state index in [-0.39, 0.29) is 0 Å². The maximum atomic E-state index is 5.21. The Hall–Kier alpha value is -2.16. The van der Waals surface area contributed by atoms with Gasteiger partial charge in [0, 0.05) is 23.2 Å². The highest BCUT2D eigenvalue weighted by molar-refractivity contribution is 7.98. The van der Waals surface area contributed by atoms with Crippen LogP contribution in [-0.2, 0) is 12.3 Å². The summed E-state index contributed by atoms with van der Waals surface area (Å²) in [4.78, 5) is 5.91. The molecule has 138 valence electrons. The number of thiophene rings is 1. The molecule has 3 aromatic heterocycles. The fraction of sp³-hybridized carbons (Fsp3) is 0.211. The lowest BCUT2D eigenvalue weighted by atomic mass is 10.2. The second kappa shape index (κ2) is 8.24. The minimum absolute atomic E-state index is 0.773. The Balaban J connectivity index is 1.47.